The van der Waals surface area contributed by atoms with Crippen molar-refractivity contribution in [3.63, 3.8) is 0 Å². The zero-order valence-corrected chi connectivity index (χ0v) is 20.2. The van der Waals surface area contributed by atoms with Crippen LogP contribution in [-0.4, -0.2) is 19.1 Å². The molecule has 6 heteroatoms. The van der Waals surface area contributed by atoms with Gasteiger partial charge in [-0.15, -0.1) is 0 Å². The van der Waals surface area contributed by atoms with Crippen LogP contribution >= 0.6 is 11.8 Å². The van der Waals surface area contributed by atoms with Crippen LogP contribution in [0.15, 0.2) is 46.2 Å². The lowest BCUT2D eigenvalue weighted by molar-refractivity contribution is -0.123. The number of nitrogens with two attached hydrogens (primary N) is 1. The van der Waals surface area contributed by atoms with E-state index in [9.17, 15) is 4.79 Å². The Morgan fingerprint density at radius 1 is 0.968 bits per heavy atom. The molecule has 5 nitrogen and oxygen atoms in total. The van der Waals surface area contributed by atoms with Crippen LogP contribution in [0.5, 0.6) is 11.5 Å². The van der Waals surface area contributed by atoms with E-state index >= 15 is 0 Å². The number of nitrogens with one attached hydrogen (secondary N) is 1. The van der Waals surface area contributed by atoms with Gasteiger partial charge in [0.15, 0.2) is 0 Å². The van der Waals surface area contributed by atoms with Crippen molar-refractivity contribution in [3.8, 4) is 11.5 Å². The molecule has 0 aliphatic rings. The van der Waals surface area contributed by atoms with Crippen LogP contribution in [0, 0.1) is 5.41 Å². The van der Waals surface area contributed by atoms with Gasteiger partial charge < -0.3 is 20.5 Å². The minimum absolute atomic E-state index is 0.00748. The lowest BCUT2D eigenvalue weighted by Gasteiger charge is -2.18. The van der Waals surface area contributed by atoms with Gasteiger partial charge in [0.1, 0.15) is 11.5 Å². The summed E-state index contributed by atoms with van der Waals surface area (Å²) in [6.45, 7) is 11.3. The van der Waals surface area contributed by atoms with Crippen LogP contribution < -0.4 is 20.5 Å². The highest BCUT2D eigenvalue weighted by molar-refractivity contribution is 7.99. The Bertz CT molecular complexity index is 845. The summed E-state index contributed by atoms with van der Waals surface area (Å²) in [6, 6.07) is 11.6. The number of rotatable bonds is 11. The van der Waals surface area contributed by atoms with Crippen molar-refractivity contribution in [2.75, 3.05) is 24.3 Å². The largest absolute Gasteiger partial charge is 0.492 e. The van der Waals surface area contributed by atoms with Gasteiger partial charge in [-0.3, -0.25) is 4.79 Å². The smallest absolute Gasteiger partial charge is 0.229 e. The summed E-state index contributed by atoms with van der Waals surface area (Å²) < 4.78 is 11.9. The number of amides is 1. The maximum absolute atomic E-state index is 12.2. The Kier molecular flexibility index (Phi) is 9.56. The highest BCUT2D eigenvalue weighted by Gasteiger charge is 2.21. The van der Waals surface area contributed by atoms with Crippen molar-refractivity contribution in [2.45, 2.75) is 70.1 Å². The first-order valence-electron chi connectivity index (χ1n) is 11.0. The monoisotopic (exact) mass is 444 g/mol. The van der Waals surface area contributed by atoms with E-state index in [0.717, 1.165) is 46.9 Å². The molecule has 0 aliphatic heterocycles. The Hall–Kier alpha value is -2.34. The fourth-order valence-corrected chi connectivity index (χ4v) is 3.49. The summed E-state index contributed by atoms with van der Waals surface area (Å²) in [6.07, 6.45) is 4.11. The molecule has 0 atom stereocenters. The molecule has 2 aromatic rings. The molecule has 0 aliphatic carbocycles. The summed E-state index contributed by atoms with van der Waals surface area (Å²) in [5.41, 5.74) is 7.15. The van der Waals surface area contributed by atoms with E-state index < -0.39 is 5.41 Å². The number of anilines is 2. The van der Waals surface area contributed by atoms with Crippen LogP contribution in [0.2, 0.25) is 0 Å². The molecule has 0 aromatic heterocycles. The van der Waals surface area contributed by atoms with Gasteiger partial charge in [0.2, 0.25) is 5.91 Å². The van der Waals surface area contributed by atoms with Gasteiger partial charge in [0.05, 0.1) is 23.8 Å². The first kappa shape index (κ1) is 24.9. The lowest BCUT2D eigenvalue weighted by atomic mass is 9.95. The number of benzene rings is 2. The normalized spacial score (nSPS) is 11.3. The molecule has 0 bridgehead atoms. The molecule has 1 amide bonds. The molecule has 2 rings (SSSR count). The van der Waals surface area contributed by atoms with E-state index in [4.69, 9.17) is 15.2 Å². The van der Waals surface area contributed by atoms with Crippen molar-refractivity contribution in [1.29, 1.82) is 0 Å². The van der Waals surface area contributed by atoms with Crippen LogP contribution in [0.4, 0.5) is 11.4 Å². The van der Waals surface area contributed by atoms with Crippen LogP contribution in [0.3, 0.4) is 0 Å². The van der Waals surface area contributed by atoms with E-state index in [1.165, 1.54) is 0 Å². The predicted octanol–water partition coefficient (Wildman–Crippen LogP) is 6.76. The highest BCUT2D eigenvalue weighted by atomic mass is 32.2. The Morgan fingerprint density at radius 3 is 2.10 bits per heavy atom. The first-order valence-corrected chi connectivity index (χ1v) is 11.8. The van der Waals surface area contributed by atoms with Crippen LogP contribution in [-0.2, 0) is 4.79 Å². The van der Waals surface area contributed by atoms with E-state index in [2.05, 4.69) is 19.2 Å². The third-order valence-electron chi connectivity index (χ3n) is 4.61. The summed E-state index contributed by atoms with van der Waals surface area (Å²) >= 11 is 1.59. The third-order valence-corrected chi connectivity index (χ3v) is 5.66. The highest BCUT2D eigenvalue weighted by Crippen LogP contribution is 2.41. The second kappa shape index (κ2) is 11.9. The second-order valence-electron chi connectivity index (χ2n) is 8.57. The van der Waals surface area contributed by atoms with Gasteiger partial charge in [-0.05, 0) is 43.2 Å². The summed E-state index contributed by atoms with van der Waals surface area (Å²) in [5.74, 6) is 1.45. The maximum atomic E-state index is 12.2. The van der Waals surface area contributed by atoms with Gasteiger partial charge >= 0.3 is 0 Å². The van der Waals surface area contributed by atoms with Crippen molar-refractivity contribution in [3.05, 3.63) is 36.4 Å². The average molecular weight is 445 g/mol. The molecule has 0 saturated carbocycles. The third kappa shape index (κ3) is 8.02. The molecule has 0 spiro atoms. The topological polar surface area (TPSA) is 73.6 Å². The quantitative estimate of drug-likeness (QED) is 0.296. The van der Waals surface area contributed by atoms with E-state index in [0.29, 0.717) is 24.7 Å². The lowest BCUT2D eigenvalue weighted by Crippen LogP contribution is -2.27. The molecule has 0 radical (unpaired) electrons. The molecular weight excluding hydrogens is 408 g/mol. The number of hydrogen-bond donors (Lipinski definition) is 2. The molecule has 170 valence electrons. The SMILES string of the molecule is CCCCOc1cc(Sc2ccc(NC(=O)C(C)(C)C)cc2)c(OCCCC)cc1N. The van der Waals surface area contributed by atoms with E-state index in [1.54, 1.807) is 11.8 Å². The Balaban J connectivity index is 2.19. The Labute approximate surface area is 191 Å². The molecular formula is C25H36N2O3S. The van der Waals surface area contributed by atoms with Crippen LogP contribution in [0.25, 0.3) is 0 Å². The predicted molar refractivity (Wildman–Crippen MR) is 130 cm³/mol. The molecule has 2 aromatic carbocycles. The summed E-state index contributed by atoms with van der Waals surface area (Å²) in [5, 5.41) is 2.95. The first-order chi connectivity index (χ1) is 14.7. The fraction of sp³-hybridized carbons (Fsp3) is 0.480. The number of carbonyl (C=O) groups excluding carboxylic acids is 1. The van der Waals surface area contributed by atoms with E-state index in [1.807, 2.05) is 57.2 Å². The number of unbranched alkanes of at least 4 members (excludes halogenated alkanes) is 2. The summed E-state index contributed by atoms with van der Waals surface area (Å²) in [7, 11) is 0. The molecule has 0 heterocycles. The van der Waals surface area contributed by atoms with Crippen molar-refractivity contribution < 1.29 is 14.3 Å². The maximum Gasteiger partial charge on any atom is 0.229 e. The van der Waals surface area contributed by atoms with Crippen molar-refractivity contribution in [1.82, 2.24) is 0 Å². The zero-order valence-electron chi connectivity index (χ0n) is 19.4. The number of ether oxygens (including phenoxy) is 2. The van der Waals surface area contributed by atoms with Gasteiger partial charge in [-0.1, -0.05) is 59.2 Å². The zero-order chi connectivity index (χ0) is 22.9. The fourth-order valence-electron chi connectivity index (χ4n) is 2.58. The minimum Gasteiger partial charge on any atom is -0.492 e. The van der Waals surface area contributed by atoms with Gasteiger partial charge in [0, 0.05) is 22.1 Å². The summed E-state index contributed by atoms with van der Waals surface area (Å²) in [4.78, 5) is 14.2. The molecule has 0 saturated heterocycles. The van der Waals surface area contributed by atoms with Gasteiger partial charge in [0.25, 0.3) is 0 Å². The van der Waals surface area contributed by atoms with Crippen molar-refractivity contribution in [2.24, 2.45) is 5.41 Å². The molecule has 31 heavy (non-hydrogen) atoms. The second-order valence-corrected chi connectivity index (χ2v) is 9.69. The average Bonchev–Trinajstić information content (AvgIpc) is 2.71. The minimum atomic E-state index is -0.434. The number of nitrogen functional groups attached to an aromatic ring is 1. The van der Waals surface area contributed by atoms with Gasteiger partial charge in [-0.25, -0.2) is 0 Å². The standard InChI is InChI=1S/C25H36N2O3S/c1-6-8-14-29-21-17-23(22(16-20(21)26)30-15-9-7-2)31-19-12-10-18(11-13-19)27-24(28)25(3,4)5/h10-13,16-17H,6-9,14-15,26H2,1-5H3,(H,27,28). The van der Waals surface area contributed by atoms with Crippen molar-refractivity contribution >= 4 is 29.0 Å². The molecule has 0 fully saturated rings. The molecule has 3 N–H and O–H groups in total. The van der Waals surface area contributed by atoms with E-state index in [-0.39, 0.29) is 5.91 Å². The number of carbonyl (C=O) groups is 1. The van der Waals surface area contributed by atoms with Gasteiger partial charge in [-0.2, -0.15) is 0 Å². The Morgan fingerprint density at radius 2 is 1.55 bits per heavy atom. The number of hydrogen-bond acceptors (Lipinski definition) is 5. The van der Waals surface area contributed by atoms with Crippen LogP contribution in [0.1, 0.15) is 60.3 Å². The molecule has 0 unspecified atom stereocenters.